The Bertz CT molecular complexity index is 1510. The minimum Gasteiger partial charge on any atom is -0.489 e. The standard InChI is InChI=1S/C29H20N2O3/c30-17-24-18-31(25-11-6-22(7-12-25)29(32)33)28-15-10-23(16-27(24)28)21-8-13-26(14-9-21)34-19-20-4-2-1-3-5-20/h1-16,18H,19H2,(H,32,33). The van der Waals surface area contributed by atoms with E-state index in [1.54, 1.807) is 30.5 Å². The first-order valence-electron chi connectivity index (χ1n) is 10.8. The van der Waals surface area contributed by atoms with Crippen LogP contribution in [-0.2, 0) is 6.61 Å². The summed E-state index contributed by atoms with van der Waals surface area (Å²) in [6.07, 6.45) is 1.78. The number of benzene rings is 4. The molecule has 0 saturated carbocycles. The van der Waals surface area contributed by atoms with Crippen molar-refractivity contribution >= 4 is 16.9 Å². The lowest BCUT2D eigenvalue weighted by Crippen LogP contribution is -1.97. The summed E-state index contributed by atoms with van der Waals surface area (Å²) in [5.74, 6) is -0.176. The van der Waals surface area contributed by atoms with Crippen LogP contribution in [0.3, 0.4) is 0 Å². The topological polar surface area (TPSA) is 75.2 Å². The van der Waals surface area contributed by atoms with Gasteiger partial charge in [-0.3, -0.25) is 0 Å². The predicted molar refractivity (Wildman–Crippen MR) is 131 cm³/mol. The van der Waals surface area contributed by atoms with Gasteiger partial charge in [0.15, 0.2) is 0 Å². The summed E-state index contributed by atoms with van der Waals surface area (Å²) in [6, 6.07) is 32.8. The average molecular weight is 444 g/mol. The maximum absolute atomic E-state index is 11.1. The lowest BCUT2D eigenvalue weighted by atomic mass is 10.0. The van der Waals surface area contributed by atoms with Crippen LogP contribution in [0.15, 0.2) is 103 Å². The summed E-state index contributed by atoms with van der Waals surface area (Å²) >= 11 is 0. The van der Waals surface area contributed by atoms with Crippen LogP contribution in [0.5, 0.6) is 5.75 Å². The number of aromatic nitrogens is 1. The fraction of sp³-hybridized carbons (Fsp3) is 0.0345. The van der Waals surface area contributed by atoms with E-state index in [0.717, 1.165) is 39.0 Å². The number of hydrogen-bond donors (Lipinski definition) is 1. The number of carboxylic acid groups (broad SMARTS) is 1. The molecule has 0 aliphatic rings. The lowest BCUT2D eigenvalue weighted by molar-refractivity contribution is 0.0697. The Morgan fingerprint density at radius 1 is 0.882 bits per heavy atom. The molecule has 5 nitrogen and oxygen atoms in total. The van der Waals surface area contributed by atoms with Gasteiger partial charge in [-0.1, -0.05) is 48.5 Å². The fourth-order valence-electron chi connectivity index (χ4n) is 3.96. The molecule has 0 saturated heterocycles. The molecule has 0 atom stereocenters. The zero-order valence-electron chi connectivity index (χ0n) is 18.2. The molecule has 1 heterocycles. The van der Waals surface area contributed by atoms with Gasteiger partial charge in [0.05, 0.1) is 16.6 Å². The molecule has 0 radical (unpaired) electrons. The van der Waals surface area contributed by atoms with Crippen molar-refractivity contribution in [2.24, 2.45) is 0 Å². The average Bonchev–Trinajstić information content (AvgIpc) is 3.26. The molecule has 0 bridgehead atoms. The van der Waals surface area contributed by atoms with Crippen LogP contribution in [0, 0.1) is 11.3 Å². The summed E-state index contributed by atoms with van der Waals surface area (Å²) in [6.45, 7) is 0.513. The highest BCUT2D eigenvalue weighted by atomic mass is 16.5. The normalized spacial score (nSPS) is 10.7. The van der Waals surface area contributed by atoms with E-state index in [0.29, 0.717) is 12.2 Å². The number of aromatic carboxylic acids is 1. The molecule has 0 unspecified atom stereocenters. The van der Waals surface area contributed by atoms with Crippen LogP contribution < -0.4 is 4.74 Å². The predicted octanol–water partition coefficient (Wildman–Crippen LogP) is 6.45. The van der Waals surface area contributed by atoms with Gasteiger partial charge >= 0.3 is 5.97 Å². The van der Waals surface area contributed by atoms with Crippen LogP contribution in [0.4, 0.5) is 0 Å². The first-order chi connectivity index (χ1) is 16.6. The highest BCUT2D eigenvalue weighted by Crippen LogP contribution is 2.31. The van der Waals surface area contributed by atoms with Gasteiger partial charge in [0.2, 0.25) is 0 Å². The van der Waals surface area contributed by atoms with Crippen molar-refractivity contribution in [1.82, 2.24) is 4.57 Å². The number of fused-ring (bicyclic) bond motifs is 1. The number of carboxylic acids is 1. The second-order valence-corrected chi connectivity index (χ2v) is 7.91. The van der Waals surface area contributed by atoms with Crippen LogP contribution in [0.2, 0.25) is 0 Å². The zero-order valence-corrected chi connectivity index (χ0v) is 18.2. The summed E-state index contributed by atoms with van der Waals surface area (Å²) in [7, 11) is 0. The molecular formula is C29H20N2O3. The molecule has 4 aromatic carbocycles. The Kier molecular flexibility index (Phi) is 5.55. The molecule has 0 amide bonds. The third-order valence-electron chi connectivity index (χ3n) is 5.75. The van der Waals surface area contributed by atoms with Crippen molar-refractivity contribution in [3.63, 3.8) is 0 Å². The number of hydrogen-bond acceptors (Lipinski definition) is 3. The summed E-state index contributed by atoms with van der Waals surface area (Å²) in [5, 5.41) is 19.7. The van der Waals surface area contributed by atoms with Crippen molar-refractivity contribution in [1.29, 1.82) is 5.26 Å². The van der Waals surface area contributed by atoms with Crippen LogP contribution in [0.1, 0.15) is 21.5 Å². The van der Waals surface area contributed by atoms with E-state index >= 15 is 0 Å². The lowest BCUT2D eigenvalue weighted by Gasteiger charge is -2.09. The molecule has 5 aromatic rings. The van der Waals surface area contributed by atoms with E-state index in [-0.39, 0.29) is 5.56 Å². The Morgan fingerprint density at radius 3 is 2.26 bits per heavy atom. The van der Waals surface area contributed by atoms with Gasteiger partial charge in [-0.2, -0.15) is 5.26 Å². The van der Waals surface area contributed by atoms with Gasteiger partial charge < -0.3 is 14.4 Å². The molecule has 0 fully saturated rings. The molecule has 1 aromatic heterocycles. The SMILES string of the molecule is N#Cc1cn(-c2ccc(C(=O)O)cc2)c2ccc(-c3ccc(OCc4ccccc4)cc3)cc12. The van der Waals surface area contributed by atoms with Crippen LogP contribution >= 0.6 is 0 Å². The van der Waals surface area contributed by atoms with Gasteiger partial charge in [-0.25, -0.2) is 4.79 Å². The highest BCUT2D eigenvalue weighted by molar-refractivity contribution is 5.92. The first kappa shape index (κ1) is 21.0. The third-order valence-corrected chi connectivity index (χ3v) is 5.75. The van der Waals surface area contributed by atoms with Gasteiger partial charge in [0.1, 0.15) is 18.4 Å². The molecule has 5 heteroatoms. The molecule has 0 spiro atoms. The number of carbonyl (C=O) groups is 1. The van der Waals surface area contributed by atoms with Gasteiger partial charge in [-0.05, 0) is 65.2 Å². The Hall–Kier alpha value is -4.82. The van der Waals surface area contributed by atoms with Crippen molar-refractivity contribution in [2.75, 3.05) is 0 Å². The van der Waals surface area contributed by atoms with E-state index in [2.05, 4.69) is 6.07 Å². The molecule has 5 rings (SSSR count). The molecule has 34 heavy (non-hydrogen) atoms. The fourth-order valence-corrected chi connectivity index (χ4v) is 3.96. The monoisotopic (exact) mass is 444 g/mol. The Morgan fingerprint density at radius 2 is 1.59 bits per heavy atom. The number of nitriles is 1. The Balaban J connectivity index is 1.43. The summed E-state index contributed by atoms with van der Waals surface area (Å²) in [4.78, 5) is 11.1. The van der Waals surface area contributed by atoms with Gasteiger partial charge in [0, 0.05) is 17.3 Å². The van der Waals surface area contributed by atoms with Gasteiger partial charge in [-0.15, -0.1) is 0 Å². The van der Waals surface area contributed by atoms with Crippen molar-refractivity contribution in [2.45, 2.75) is 6.61 Å². The maximum Gasteiger partial charge on any atom is 0.335 e. The number of rotatable bonds is 6. The Labute approximate surface area is 196 Å². The second-order valence-electron chi connectivity index (χ2n) is 7.91. The minimum absolute atomic E-state index is 0.221. The molecule has 0 aliphatic carbocycles. The van der Waals surface area contributed by atoms with E-state index in [4.69, 9.17) is 9.84 Å². The van der Waals surface area contributed by atoms with Crippen molar-refractivity contribution in [3.05, 3.63) is 120 Å². The van der Waals surface area contributed by atoms with E-state index < -0.39 is 5.97 Å². The highest BCUT2D eigenvalue weighted by Gasteiger charge is 2.12. The summed E-state index contributed by atoms with van der Waals surface area (Å²) in [5.41, 5.74) is 5.59. The van der Waals surface area contributed by atoms with Gasteiger partial charge in [0.25, 0.3) is 0 Å². The molecule has 1 N–H and O–H groups in total. The van der Waals surface area contributed by atoms with E-state index in [1.807, 2.05) is 77.4 Å². The molecule has 164 valence electrons. The molecular weight excluding hydrogens is 424 g/mol. The number of ether oxygens (including phenoxy) is 1. The van der Waals surface area contributed by atoms with E-state index in [1.165, 1.54) is 0 Å². The maximum atomic E-state index is 11.1. The van der Waals surface area contributed by atoms with E-state index in [9.17, 15) is 10.1 Å². The largest absolute Gasteiger partial charge is 0.489 e. The second kappa shape index (κ2) is 8.97. The third kappa shape index (κ3) is 4.13. The zero-order chi connectivity index (χ0) is 23.5. The van der Waals surface area contributed by atoms with Crippen LogP contribution in [-0.4, -0.2) is 15.6 Å². The first-order valence-corrected chi connectivity index (χ1v) is 10.8. The van der Waals surface area contributed by atoms with Crippen molar-refractivity contribution in [3.8, 4) is 28.6 Å². The number of nitrogens with zero attached hydrogens (tertiary/aromatic N) is 2. The smallest absolute Gasteiger partial charge is 0.335 e. The minimum atomic E-state index is -0.970. The quantitative estimate of drug-likeness (QED) is 0.327. The molecule has 0 aliphatic heterocycles. The summed E-state index contributed by atoms with van der Waals surface area (Å²) < 4.78 is 7.79. The van der Waals surface area contributed by atoms with Crippen molar-refractivity contribution < 1.29 is 14.6 Å². The van der Waals surface area contributed by atoms with Crippen LogP contribution in [0.25, 0.3) is 27.7 Å².